The third-order valence-corrected chi connectivity index (χ3v) is 4.77. The van der Waals surface area contributed by atoms with Crippen molar-refractivity contribution in [3.05, 3.63) is 35.7 Å². The second-order valence-electron chi connectivity index (χ2n) is 6.08. The average molecular weight is 399 g/mol. The van der Waals surface area contributed by atoms with Gasteiger partial charge in [-0.25, -0.2) is 0 Å². The number of benzene rings is 1. The van der Waals surface area contributed by atoms with Crippen molar-refractivity contribution in [1.82, 2.24) is 14.8 Å². The molecule has 1 fully saturated rings. The summed E-state index contributed by atoms with van der Waals surface area (Å²) in [4.78, 5) is 23.3. The molecule has 7 nitrogen and oxygen atoms in total. The number of anilines is 1. The first-order valence-corrected chi connectivity index (χ1v) is 9.04. The minimum Gasteiger partial charge on any atom is -0.368 e. The molecule has 144 valence electrons. The van der Waals surface area contributed by atoms with Crippen LogP contribution < -0.4 is 11.1 Å². The molecule has 0 spiro atoms. The third-order valence-electron chi connectivity index (χ3n) is 3.81. The summed E-state index contributed by atoms with van der Waals surface area (Å²) in [5.74, 6) is -0.245. The van der Waals surface area contributed by atoms with E-state index in [1.54, 1.807) is 4.57 Å². The van der Waals surface area contributed by atoms with Gasteiger partial charge in [-0.2, -0.15) is 13.2 Å². The number of nitrogens with two attached hydrogens (primary N) is 1. The molecule has 0 atom stereocenters. The number of hydrogen-bond acceptors (Lipinski definition) is 5. The maximum Gasteiger partial charge on any atom is 0.416 e. The van der Waals surface area contributed by atoms with Crippen LogP contribution >= 0.6 is 11.8 Å². The van der Waals surface area contributed by atoms with Crippen LogP contribution in [0, 0.1) is 0 Å². The lowest BCUT2D eigenvalue weighted by molar-refractivity contribution is -0.137. The predicted octanol–water partition coefficient (Wildman–Crippen LogP) is 2.39. The van der Waals surface area contributed by atoms with Crippen molar-refractivity contribution in [2.24, 2.45) is 5.73 Å². The normalized spacial score (nSPS) is 14.2. The van der Waals surface area contributed by atoms with Gasteiger partial charge in [-0.1, -0.05) is 17.8 Å². The molecule has 2 amide bonds. The lowest BCUT2D eigenvalue weighted by atomic mass is 10.2. The molecule has 27 heavy (non-hydrogen) atoms. The maximum absolute atomic E-state index is 12.7. The summed E-state index contributed by atoms with van der Waals surface area (Å²) in [7, 11) is 0. The molecule has 3 rings (SSSR count). The average Bonchev–Trinajstić information content (AvgIpc) is 3.35. The fourth-order valence-electron chi connectivity index (χ4n) is 2.46. The Balaban J connectivity index is 1.64. The van der Waals surface area contributed by atoms with Crippen LogP contribution in [0.15, 0.2) is 29.4 Å². The minimum atomic E-state index is -4.49. The van der Waals surface area contributed by atoms with Crippen LogP contribution in [-0.4, -0.2) is 32.3 Å². The first kappa shape index (κ1) is 19.2. The van der Waals surface area contributed by atoms with Gasteiger partial charge in [0.05, 0.1) is 11.3 Å². The minimum absolute atomic E-state index is 0.0488. The number of hydrogen-bond donors (Lipinski definition) is 2. The Hall–Kier alpha value is -2.56. The van der Waals surface area contributed by atoms with Gasteiger partial charge < -0.3 is 11.1 Å². The van der Waals surface area contributed by atoms with Gasteiger partial charge in [0.2, 0.25) is 11.8 Å². The van der Waals surface area contributed by atoms with Crippen LogP contribution in [0.4, 0.5) is 18.9 Å². The Bertz CT molecular complexity index is 864. The standard InChI is InChI=1S/C16H16F3N5O2S/c17-16(18,19)10-2-1-3-11(6-10)21-13(26)8-27-15-23-22-14(9-4-5-9)24(15)7-12(20)25/h1-3,6,9H,4-5,7-8H2,(H2,20,25)(H,21,26). The number of nitrogens with zero attached hydrogens (tertiary/aromatic N) is 3. The first-order chi connectivity index (χ1) is 12.7. The first-order valence-electron chi connectivity index (χ1n) is 8.05. The van der Waals surface area contributed by atoms with Crippen molar-refractivity contribution in [3.8, 4) is 0 Å². The molecule has 1 heterocycles. The number of primary amides is 1. The molecule has 0 saturated heterocycles. The van der Waals surface area contributed by atoms with Crippen LogP contribution in [0.1, 0.15) is 30.1 Å². The molecule has 1 aliphatic carbocycles. The summed E-state index contributed by atoms with van der Waals surface area (Å²) < 4.78 is 39.8. The SMILES string of the molecule is NC(=O)Cn1c(SCC(=O)Nc2cccc(C(F)(F)F)c2)nnc1C1CC1. The molecule has 0 aliphatic heterocycles. The van der Waals surface area contributed by atoms with E-state index in [0.717, 1.165) is 36.7 Å². The zero-order valence-electron chi connectivity index (χ0n) is 14.0. The van der Waals surface area contributed by atoms with Gasteiger partial charge in [0.1, 0.15) is 12.4 Å². The number of thioether (sulfide) groups is 1. The molecule has 1 aliphatic rings. The van der Waals surface area contributed by atoms with Crippen LogP contribution in [-0.2, 0) is 22.3 Å². The van der Waals surface area contributed by atoms with E-state index in [1.807, 2.05) is 0 Å². The Morgan fingerprint density at radius 2 is 2.04 bits per heavy atom. The molecule has 3 N–H and O–H groups in total. The topological polar surface area (TPSA) is 103 Å². The molecule has 0 unspecified atom stereocenters. The molecule has 0 radical (unpaired) electrons. The van der Waals surface area contributed by atoms with E-state index in [-0.39, 0.29) is 23.9 Å². The lowest BCUT2D eigenvalue weighted by Crippen LogP contribution is -2.21. The molecular formula is C16H16F3N5O2S. The van der Waals surface area contributed by atoms with Crippen molar-refractivity contribution in [2.45, 2.75) is 36.6 Å². The molecule has 1 aromatic carbocycles. The lowest BCUT2D eigenvalue weighted by Gasteiger charge is -2.10. The Kier molecular flexibility index (Phi) is 5.40. The fraction of sp³-hybridized carbons (Fsp3) is 0.375. The van der Waals surface area contributed by atoms with Gasteiger partial charge >= 0.3 is 6.18 Å². The quantitative estimate of drug-likeness (QED) is 0.696. The molecule has 1 aromatic heterocycles. The Morgan fingerprint density at radius 1 is 1.30 bits per heavy atom. The van der Waals surface area contributed by atoms with Crippen molar-refractivity contribution in [3.63, 3.8) is 0 Å². The van der Waals surface area contributed by atoms with Crippen molar-refractivity contribution in [2.75, 3.05) is 11.1 Å². The highest BCUT2D eigenvalue weighted by atomic mass is 32.2. The summed E-state index contributed by atoms with van der Waals surface area (Å²) >= 11 is 1.04. The van der Waals surface area contributed by atoms with Crippen molar-refractivity contribution < 1.29 is 22.8 Å². The number of carbonyl (C=O) groups excluding carboxylic acids is 2. The summed E-state index contributed by atoms with van der Waals surface area (Å²) in [6, 6.07) is 4.38. The Morgan fingerprint density at radius 3 is 2.67 bits per heavy atom. The highest BCUT2D eigenvalue weighted by Crippen LogP contribution is 2.40. The number of amides is 2. The van der Waals surface area contributed by atoms with E-state index >= 15 is 0 Å². The summed E-state index contributed by atoms with van der Waals surface area (Å²) in [6.07, 6.45) is -2.57. The van der Waals surface area contributed by atoms with Crippen LogP contribution in [0.5, 0.6) is 0 Å². The number of carbonyl (C=O) groups is 2. The number of rotatable bonds is 7. The maximum atomic E-state index is 12.7. The van der Waals surface area contributed by atoms with E-state index in [2.05, 4.69) is 15.5 Å². The van der Waals surface area contributed by atoms with E-state index in [9.17, 15) is 22.8 Å². The second kappa shape index (κ2) is 7.59. The van der Waals surface area contributed by atoms with Crippen LogP contribution in [0.3, 0.4) is 0 Å². The monoisotopic (exact) mass is 399 g/mol. The van der Waals surface area contributed by atoms with Gasteiger partial charge in [-0.3, -0.25) is 14.2 Å². The zero-order chi connectivity index (χ0) is 19.6. The van der Waals surface area contributed by atoms with Gasteiger partial charge in [0.25, 0.3) is 0 Å². The highest BCUT2D eigenvalue weighted by molar-refractivity contribution is 7.99. The largest absolute Gasteiger partial charge is 0.416 e. The van der Waals surface area contributed by atoms with Gasteiger partial charge in [0.15, 0.2) is 5.16 Å². The number of halogens is 3. The van der Waals surface area contributed by atoms with Gasteiger partial charge in [-0.05, 0) is 31.0 Å². The molecule has 0 bridgehead atoms. The Labute approximate surface area is 156 Å². The van der Waals surface area contributed by atoms with E-state index < -0.39 is 23.6 Å². The number of alkyl halides is 3. The zero-order valence-corrected chi connectivity index (χ0v) is 14.8. The van der Waals surface area contributed by atoms with E-state index in [1.165, 1.54) is 12.1 Å². The smallest absolute Gasteiger partial charge is 0.368 e. The van der Waals surface area contributed by atoms with Crippen LogP contribution in [0.25, 0.3) is 0 Å². The summed E-state index contributed by atoms with van der Waals surface area (Å²) in [5.41, 5.74) is 4.46. The fourth-order valence-corrected chi connectivity index (χ4v) is 3.20. The molecule has 2 aromatic rings. The number of aromatic nitrogens is 3. The summed E-state index contributed by atoms with van der Waals surface area (Å²) in [5, 5.41) is 10.8. The number of nitrogens with one attached hydrogen (secondary N) is 1. The van der Waals surface area contributed by atoms with Crippen LogP contribution in [0.2, 0.25) is 0 Å². The predicted molar refractivity (Wildman–Crippen MR) is 92.0 cm³/mol. The van der Waals surface area contributed by atoms with Gasteiger partial charge in [-0.15, -0.1) is 10.2 Å². The molecule has 1 saturated carbocycles. The molecular weight excluding hydrogens is 383 g/mol. The van der Waals surface area contributed by atoms with E-state index in [0.29, 0.717) is 11.0 Å². The van der Waals surface area contributed by atoms with Crippen molar-refractivity contribution >= 4 is 29.3 Å². The molecule has 11 heteroatoms. The van der Waals surface area contributed by atoms with Crippen molar-refractivity contribution in [1.29, 1.82) is 0 Å². The summed E-state index contributed by atoms with van der Waals surface area (Å²) in [6.45, 7) is -0.0869. The third kappa shape index (κ3) is 5.00. The second-order valence-corrected chi connectivity index (χ2v) is 7.03. The highest BCUT2D eigenvalue weighted by Gasteiger charge is 2.31. The van der Waals surface area contributed by atoms with Gasteiger partial charge in [0, 0.05) is 11.6 Å². The van der Waals surface area contributed by atoms with E-state index in [4.69, 9.17) is 5.73 Å².